The molecular formula is C11H15BrO3S. The Morgan fingerprint density at radius 2 is 2.06 bits per heavy atom. The van der Waals surface area contributed by atoms with Crippen LogP contribution in [-0.4, -0.2) is 25.9 Å². The SMILES string of the molecule is CCS(=O)(=O)c1ccc(C(C)CO)cc1Br. The summed E-state index contributed by atoms with van der Waals surface area (Å²) in [7, 11) is -3.19. The molecule has 16 heavy (non-hydrogen) atoms. The zero-order valence-electron chi connectivity index (χ0n) is 9.27. The maximum absolute atomic E-state index is 11.7. The summed E-state index contributed by atoms with van der Waals surface area (Å²) >= 11 is 3.26. The van der Waals surface area contributed by atoms with Crippen molar-refractivity contribution in [1.82, 2.24) is 0 Å². The maximum Gasteiger partial charge on any atom is 0.179 e. The molecule has 0 saturated heterocycles. The van der Waals surface area contributed by atoms with Gasteiger partial charge in [-0.1, -0.05) is 19.9 Å². The molecule has 0 aliphatic rings. The Kier molecular flexibility index (Phi) is 4.52. The lowest BCUT2D eigenvalue weighted by Crippen LogP contribution is -2.06. The van der Waals surface area contributed by atoms with Gasteiger partial charge in [-0.3, -0.25) is 0 Å². The zero-order valence-corrected chi connectivity index (χ0v) is 11.7. The van der Waals surface area contributed by atoms with E-state index in [0.29, 0.717) is 9.37 Å². The standard InChI is InChI=1S/C11H15BrO3S/c1-3-16(14,15)11-5-4-9(6-10(11)12)8(2)7-13/h4-6,8,13H,3,7H2,1-2H3. The van der Waals surface area contributed by atoms with Gasteiger partial charge >= 0.3 is 0 Å². The second-order valence-electron chi connectivity index (χ2n) is 3.68. The predicted octanol–water partition coefficient (Wildman–Crippen LogP) is 2.34. The minimum Gasteiger partial charge on any atom is -0.396 e. The molecule has 0 saturated carbocycles. The van der Waals surface area contributed by atoms with Crippen molar-refractivity contribution < 1.29 is 13.5 Å². The van der Waals surface area contributed by atoms with Gasteiger partial charge in [0.15, 0.2) is 9.84 Å². The Bertz CT molecular complexity index is 468. The molecule has 1 N–H and O–H groups in total. The van der Waals surface area contributed by atoms with Gasteiger partial charge in [-0.25, -0.2) is 8.42 Å². The molecule has 1 unspecified atom stereocenters. The van der Waals surface area contributed by atoms with Gasteiger partial charge < -0.3 is 5.11 Å². The highest BCUT2D eigenvalue weighted by Gasteiger charge is 2.16. The van der Waals surface area contributed by atoms with Crippen molar-refractivity contribution in [1.29, 1.82) is 0 Å². The van der Waals surface area contributed by atoms with Crippen LogP contribution in [0.2, 0.25) is 0 Å². The fraction of sp³-hybridized carbons (Fsp3) is 0.455. The average Bonchev–Trinajstić information content (AvgIpc) is 2.27. The Balaban J connectivity index is 3.20. The molecule has 0 aliphatic carbocycles. The third-order valence-electron chi connectivity index (χ3n) is 2.51. The third-order valence-corrected chi connectivity index (χ3v) is 5.22. The molecule has 0 amide bonds. The molecule has 90 valence electrons. The summed E-state index contributed by atoms with van der Waals surface area (Å²) < 4.78 is 23.9. The molecule has 0 aliphatic heterocycles. The summed E-state index contributed by atoms with van der Waals surface area (Å²) in [5.74, 6) is 0.0928. The van der Waals surface area contributed by atoms with Crippen LogP contribution in [0.1, 0.15) is 25.3 Å². The van der Waals surface area contributed by atoms with E-state index >= 15 is 0 Å². The summed E-state index contributed by atoms with van der Waals surface area (Å²) in [6.45, 7) is 3.55. The van der Waals surface area contributed by atoms with Crippen molar-refractivity contribution >= 4 is 25.8 Å². The first-order valence-corrected chi connectivity index (χ1v) is 7.50. The van der Waals surface area contributed by atoms with E-state index < -0.39 is 9.84 Å². The van der Waals surface area contributed by atoms with Crippen LogP contribution in [0.15, 0.2) is 27.6 Å². The van der Waals surface area contributed by atoms with Crippen LogP contribution in [0.4, 0.5) is 0 Å². The van der Waals surface area contributed by atoms with E-state index in [1.54, 1.807) is 25.1 Å². The molecule has 1 aromatic rings. The number of aliphatic hydroxyl groups is 1. The van der Waals surface area contributed by atoms with Crippen LogP contribution in [0, 0.1) is 0 Å². The van der Waals surface area contributed by atoms with E-state index in [4.69, 9.17) is 5.11 Å². The molecule has 0 bridgehead atoms. The molecular weight excluding hydrogens is 292 g/mol. The van der Waals surface area contributed by atoms with Crippen molar-refractivity contribution in [3.8, 4) is 0 Å². The third kappa shape index (κ3) is 2.84. The normalized spacial score (nSPS) is 13.8. The quantitative estimate of drug-likeness (QED) is 0.929. The molecule has 0 heterocycles. The lowest BCUT2D eigenvalue weighted by Gasteiger charge is -2.11. The summed E-state index contributed by atoms with van der Waals surface area (Å²) in [5.41, 5.74) is 0.921. The number of rotatable bonds is 4. The number of halogens is 1. The van der Waals surface area contributed by atoms with Crippen molar-refractivity contribution in [3.05, 3.63) is 28.2 Å². The second kappa shape index (κ2) is 5.29. The highest BCUT2D eigenvalue weighted by atomic mass is 79.9. The van der Waals surface area contributed by atoms with Crippen LogP contribution in [0.5, 0.6) is 0 Å². The molecule has 0 spiro atoms. The fourth-order valence-electron chi connectivity index (χ4n) is 1.34. The first-order chi connectivity index (χ1) is 7.42. The molecule has 1 aromatic carbocycles. The minimum atomic E-state index is -3.19. The van der Waals surface area contributed by atoms with Gasteiger partial charge in [0.1, 0.15) is 0 Å². The molecule has 1 rings (SSSR count). The number of sulfone groups is 1. The van der Waals surface area contributed by atoms with Crippen LogP contribution >= 0.6 is 15.9 Å². The largest absolute Gasteiger partial charge is 0.396 e. The summed E-state index contributed by atoms with van der Waals surface area (Å²) in [4.78, 5) is 0.309. The van der Waals surface area contributed by atoms with Crippen LogP contribution in [0.25, 0.3) is 0 Å². The Morgan fingerprint density at radius 3 is 2.50 bits per heavy atom. The highest BCUT2D eigenvalue weighted by Crippen LogP contribution is 2.27. The van der Waals surface area contributed by atoms with E-state index in [1.807, 2.05) is 6.92 Å². The average molecular weight is 307 g/mol. The number of hydrogen-bond donors (Lipinski definition) is 1. The van der Waals surface area contributed by atoms with Crippen molar-refractivity contribution in [2.24, 2.45) is 0 Å². The molecule has 0 radical (unpaired) electrons. The van der Waals surface area contributed by atoms with Crippen LogP contribution < -0.4 is 0 Å². The fourth-order valence-corrected chi connectivity index (χ4v) is 3.42. The monoisotopic (exact) mass is 306 g/mol. The van der Waals surface area contributed by atoms with Crippen LogP contribution in [0.3, 0.4) is 0 Å². The van der Waals surface area contributed by atoms with E-state index in [9.17, 15) is 8.42 Å². The number of benzene rings is 1. The Hall–Kier alpha value is -0.390. The minimum absolute atomic E-state index is 0.00896. The van der Waals surface area contributed by atoms with E-state index in [-0.39, 0.29) is 18.3 Å². The highest BCUT2D eigenvalue weighted by molar-refractivity contribution is 9.10. The summed E-state index contributed by atoms with van der Waals surface area (Å²) in [6.07, 6.45) is 0. The topological polar surface area (TPSA) is 54.4 Å². The number of aliphatic hydroxyl groups excluding tert-OH is 1. The smallest absolute Gasteiger partial charge is 0.179 e. The van der Waals surface area contributed by atoms with Gasteiger partial charge in [0.25, 0.3) is 0 Å². The van der Waals surface area contributed by atoms with Gasteiger partial charge in [-0.2, -0.15) is 0 Å². The van der Waals surface area contributed by atoms with Gasteiger partial charge in [0.2, 0.25) is 0 Å². The molecule has 3 nitrogen and oxygen atoms in total. The first kappa shape index (κ1) is 13.7. The first-order valence-electron chi connectivity index (χ1n) is 5.05. The van der Waals surface area contributed by atoms with E-state index in [2.05, 4.69) is 15.9 Å². The van der Waals surface area contributed by atoms with Crippen molar-refractivity contribution in [2.45, 2.75) is 24.7 Å². The van der Waals surface area contributed by atoms with Crippen LogP contribution in [-0.2, 0) is 9.84 Å². The maximum atomic E-state index is 11.7. The Labute approximate surface area is 105 Å². The van der Waals surface area contributed by atoms with Gasteiger partial charge in [-0.05, 0) is 33.6 Å². The lowest BCUT2D eigenvalue weighted by atomic mass is 10.0. The Morgan fingerprint density at radius 1 is 1.44 bits per heavy atom. The van der Waals surface area contributed by atoms with Gasteiger partial charge in [-0.15, -0.1) is 0 Å². The van der Waals surface area contributed by atoms with Crippen molar-refractivity contribution in [3.63, 3.8) is 0 Å². The summed E-state index contributed by atoms with van der Waals surface area (Å²) in [5, 5.41) is 9.02. The molecule has 5 heteroatoms. The number of hydrogen-bond acceptors (Lipinski definition) is 3. The van der Waals surface area contributed by atoms with E-state index in [1.165, 1.54) is 0 Å². The second-order valence-corrected chi connectivity index (χ2v) is 6.78. The zero-order chi connectivity index (χ0) is 12.3. The lowest BCUT2D eigenvalue weighted by molar-refractivity contribution is 0.273. The molecule has 1 atom stereocenters. The predicted molar refractivity (Wildman–Crippen MR) is 67.4 cm³/mol. The van der Waals surface area contributed by atoms with E-state index in [0.717, 1.165) is 5.56 Å². The summed E-state index contributed by atoms with van der Waals surface area (Å²) in [6, 6.07) is 5.09. The molecule has 0 fully saturated rings. The van der Waals surface area contributed by atoms with Gasteiger partial charge in [0.05, 0.1) is 10.6 Å². The molecule has 0 aromatic heterocycles. The van der Waals surface area contributed by atoms with Gasteiger partial charge in [0, 0.05) is 17.0 Å². The van der Waals surface area contributed by atoms with Crippen molar-refractivity contribution in [2.75, 3.05) is 12.4 Å².